The number of rotatable bonds is 2. The summed E-state index contributed by atoms with van der Waals surface area (Å²) in [5.41, 5.74) is 0.657. The van der Waals surface area contributed by atoms with Crippen molar-refractivity contribution in [2.45, 2.75) is 32.9 Å². The fraction of sp³-hybridized carbons (Fsp3) is 0.600. The number of alkyl carbamates (subject to hydrolysis) is 1. The van der Waals surface area contributed by atoms with Crippen LogP contribution in [-0.4, -0.2) is 42.8 Å². The Morgan fingerprint density at radius 2 is 1.71 bits per heavy atom. The smallest absolute Gasteiger partial charge is 0.407 e. The van der Waals surface area contributed by atoms with Crippen molar-refractivity contribution >= 4 is 6.09 Å². The molecule has 2 rings (SSSR count). The van der Waals surface area contributed by atoms with Gasteiger partial charge in [-0.05, 0) is 38.5 Å². The Balaban J connectivity index is 0.000000304. The molecule has 1 aromatic heterocycles. The van der Waals surface area contributed by atoms with Crippen molar-refractivity contribution < 1.29 is 9.53 Å². The molecule has 1 saturated heterocycles. The molecule has 0 radical (unpaired) electrons. The molecule has 1 fully saturated rings. The number of carbonyl (C=O) groups excluding carboxylic acids is 1. The third kappa shape index (κ3) is 9.81. The highest BCUT2D eigenvalue weighted by atomic mass is 16.5. The van der Waals surface area contributed by atoms with Crippen molar-refractivity contribution in [3.05, 3.63) is 30.1 Å². The summed E-state index contributed by atoms with van der Waals surface area (Å²) in [7, 11) is 0. The lowest BCUT2D eigenvalue weighted by Crippen LogP contribution is -2.40. The topological polar surface area (TPSA) is 75.3 Å². The molecule has 3 N–H and O–H groups in total. The zero-order chi connectivity index (χ0) is 15.6. The quantitative estimate of drug-likeness (QED) is 0.766. The number of ether oxygens (including phenoxy) is 1. The molecule has 1 amide bonds. The molecule has 1 aliphatic rings. The average molecular weight is 294 g/mol. The lowest BCUT2D eigenvalue weighted by atomic mass is 10.1. The van der Waals surface area contributed by atoms with E-state index in [0.29, 0.717) is 0 Å². The standard InChI is InChI=1S/C11H16N2O2.C4H10N2/c1-11(2,3)13-10(14)15-8-9-4-6-12-7-5-9;1-2-6-4-3-5-1/h4-7H,8H2,1-3H3,(H,13,14);5-6H,1-4H2. The average Bonchev–Trinajstić information content (AvgIpc) is 2.47. The van der Waals surface area contributed by atoms with Gasteiger partial charge in [0.25, 0.3) is 0 Å². The van der Waals surface area contributed by atoms with Crippen LogP contribution in [0, 0.1) is 0 Å². The molecule has 0 bridgehead atoms. The van der Waals surface area contributed by atoms with Gasteiger partial charge in [0.15, 0.2) is 0 Å². The lowest BCUT2D eigenvalue weighted by Gasteiger charge is -2.19. The van der Waals surface area contributed by atoms with E-state index in [-0.39, 0.29) is 12.1 Å². The molecular formula is C15H26N4O2. The van der Waals surface area contributed by atoms with Crippen LogP contribution < -0.4 is 16.0 Å². The van der Waals surface area contributed by atoms with Crippen molar-refractivity contribution in [3.63, 3.8) is 0 Å². The first-order valence-electron chi connectivity index (χ1n) is 7.23. The zero-order valence-electron chi connectivity index (χ0n) is 13.1. The van der Waals surface area contributed by atoms with E-state index in [9.17, 15) is 4.79 Å². The van der Waals surface area contributed by atoms with Crippen LogP contribution in [0.4, 0.5) is 4.79 Å². The molecule has 1 aromatic rings. The van der Waals surface area contributed by atoms with Gasteiger partial charge in [0, 0.05) is 44.1 Å². The second-order valence-electron chi connectivity index (χ2n) is 5.81. The van der Waals surface area contributed by atoms with Crippen molar-refractivity contribution in [2.75, 3.05) is 26.2 Å². The Morgan fingerprint density at radius 3 is 2.14 bits per heavy atom. The summed E-state index contributed by atoms with van der Waals surface area (Å²) in [6, 6.07) is 3.62. The third-order valence-corrected chi connectivity index (χ3v) is 2.55. The summed E-state index contributed by atoms with van der Waals surface area (Å²) >= 11 is 0. The highest BCUT2D eigenvalue weighted by molar-refractivity contribution is 5.68. The molecule has 118 valence electrons. The molecule has 21 heavy (non-hydrogen) atoms. The molecule has 0 unspecified atom stereocenters. The molecule has 0 saturated carbocycles. The van der Waals surface area contributed by atoms with Crippen molar-refractivity contribution in [3.8, 4) is 0 Å². The predicted molar refractivity (Wildman–Crippen MR) is 83.1 cm³/mol. The van der Waals surface area contributed by atoms with Gasteiger partial charge in [0.2, 0.25) is 0 Å². The van der Waals surface area contributed by atoms with Crippen LogP contribution in [0.3, 0.4) is 0 Å². The molecule has 6 nitrogen and oxygen atoms in total. The Bertz CT molecular complexity index is 388. The number of carbonyl (C=O) groups is 1. The van der Waals surface area contributed by atoms with E-state index in [2.05, 4.69) is 20.9 Å². The molecule has 1 aliphatic heterocycles. The number of piperazine rings is 1. The van der Waals surface area contributed by atoms with Crippen LogP contribution >= 0.6 is 0 Å². The Hall–Kier alpha value is -1.66. The summed E-state index contributed by atoms with van der Waals surface area (Å²) in [6.07, 6.45) is 2.93. The van der Waals surface area contributed by atoms with E-state index in [1.165, 1.54) is 0 Å². The number of hydrogen-bond acceptors (Lipinski definition) is 5. The fourth-order valence-electron chi connectivity index (χ4n) is 1.57. The Labute approximate surface area is 126 Å². The number of amides is 1. The minimum Gasteiger partial charge on any atom is -0.445 e. The molecule has 6 heteroatoms. The van der Waals surface area contributed by atoms with Gasteiger partial charge in [-0.15, -0.1) is 0 Å². The van der Waals surface area contributed by atoms with E-state index >= 15 is 0 Å². The first-order chi connectivity index (χ1) is 9.97. The van der Waals surface area contributed by atoms with Crippen LogP contribution in [0.2, 0.25) is 0 Å². The fourth-order valence-corrected chi connectivity index (χ4v) is 1.57. The SMILES string of the molecule is C1CNCCN1.CC(C)(C)NC(=O)OCc1ccncc1. The number of pyridine rings is 1. The van der Waals surface area contributed by atoms with Crippen LogP contribution in [0.5, 0.6) is 0 Å². The van der Waals surface area contributed by atoms with Crippen molar-refractivity contribution in [1.29, 1.82) is 0 Å². The molecular weight excluding hydrogens is 268 g/mol. The van der Waals surface area contributed by atoms with Gasteiger partial charge < -0.3 is 20.7 Å². The van der Waals surface area contributed by atoms with E-state index < -0.39 is 6.09 Å². The van der Waals surface area contributed by atoms with Gasteiger partial charge in [0.1, 0.15) is 6.61 Å². The maximum atomic E-state index is 11.3. The first-order valence-corrected chi connectivity index (χ1v) is 7.23. The van der Waals surface area contributed by atoms with Gasteiger partial charge in [-0.1, -0.05) is 0 Å². The predicted octanol–water partition coefficient (Wildman–Crippen LogP) is 1.29. The summed E-state index contributed by atoms with van der Waals surface area (Å²) in [5, 5.41) is 9.16. The maximum absolute atomic E-state index is 11.3. The van der Waals surface area contributed by atoms with Crippen molar-refractivity contribution in [2.24, 2.45) is 0 Å². The number of hydrogen-bond donors (Lipinski definition) is 3. The molecule has 0 aliphatic carbocycles. The summed E-state index contributed by atoms with van der Waals surface area (Å²) < 4.78 is 5.03. The first kappa shape index (κ1) is 17.4. The van der Waals surface area contributed by atoms with Gasteiger partial charge >= 0.3 is 6.09 Å². The summed E-state index contributed by atoms with van der Waals surface area (Å²) in [6.45, 7) is 10.5. The van der Waals surface area contributed by atoms with E-state index in [1.54, 1.807) is 12.4 Å². The minimum absolute atomic E-state index is 0.268. The minimum atomic E-state index is -0.403. The van der Waals surface area contributed by atoms with Gasteiger partial charge in [-0.2, -0.15) is 0 Å². The van der Waals surface area contributed by atoms with Crippen LogP contribution in [0.25, 0.3) is 0 Å². The molecule has 0 atom stereocenters. The number of nitrogens with one attached hydrogen (secondary N) is 3. The van der Waals surface area contributed by atoms with Crippen LogP contribution in [0.15, 0.2) is 24.5 Å². The Morgan fingerprint density at radius 1 is 1.19 bits per heavy atom. The van der Waals surface area contributed by atoms with Gasteiger partial charge in [0.05, 0.1) is 0 Å². The van der Waals surface area contributed by atoms with E-state index in [0.717, 1.165) is 31.7 Å². The summed E-state index contributed by atoms with van der Waals surface area (Å²) in [4.78, 5) is 15.2. The monoisotopic (exact) mass is 294 g/mol. The second kappa shape index (κ2) is 9.31. The molecule has 2 heterocycles. The van der Waals surface area contributed by atoms with E-state index in [4.69, 9.17) is 4.74 Å². The second-order valence-corrected chi connectivity index (χ2v) is 5.81. The summed E-state index contributed by atoms with van der Waals surface area (Å²) in [5.74, 6) is 0. The number of nitrogens with zero attached hydrogens (tertiary/aromatic N) is 1. The number of aromatic nitrogens is 1. The third-order valence-electron chi connectivity index (χ3n) is 2.55. The van der Waals surface area contributed by atoms with Crippen molar-refractivity contribution in [1.82, 2.24) is 20.9 Å². The normalized spacial score (nSPS) is 14.6. The highest BCUT2D eigenvalue weighted by Crippen LogP contribution is 2.02. The Kier molecular flexibility index (Phi) is 7.71. The maximum Gasteiger partial charge on any atom is 0.407 e. The lowest BCUT2D eigenvalue weighted by molar-refractivity contribution is 0.131. The van der Waals surface area contributed by atoms with E-state index in [1.807, 2.05) is 32.9 Å². The van der Waals surface area contributed by atoms with Gasteiger partial charge in [-0.3, -0.25) is 4.98 Å². The van der Waals surface area contributed by atoms with Crippen LogP contribution in [-0.2, 0) is 11.3 Å². The molecule has 0 spiro atoms. The van der Waals surface area contributed by atoms with Crippen LogP contribution in [0.1, 0.15) is 26.3 Å². The largest absolute Gasteiger partial charge is 0.445 e. The zero-order valence-corrected chi connectivity index (χ0v) is 13.1. The highest BCUT2D eigenvalue weighted by Gasteiger charge is 2.14. The molecule has 0 aromatic carbocycles. The van der Waals surface area contributed by atoms with Gasteiger partial charge in [-0.25, -0.2) is 4.79 Å².